The Hall–Kier alpha value is -2.12. The number of carbonyl (C=O) groups excluding carboxylic acids is 2. The van der Waals surface area contributed by atoms with Crippen molar-refractivity contribution in [3.05, 3.63) is 35.9 Å². The molecule has 7 heteroatoms. The van der Waals surface area contributed by atoms with Crippen molar-refractivity contribution in [2.24, 2.45) is 0 Å². The van der Waals surface area contributed by atoms with Crippen LogP contribution in [0.2, 0.25) is 0 Å². The molecule has 22 heavy (non-hydrogen) atoms. The van der Waals surface area contributed by atoms with Crippen molar-refractivity contribution in [2.75, 3.05) is 20.3 Å². The number of fused-ring (bicyclic) bond motifs is 1. The van der Waals surface area contributed by atoms with Crippen LogP contribution >= 0.6 is 0 Å². The monoisotopic (exact) mass is 308 g/mol. The second kappa shape index (κ2) is 6.33. The van der Waals surface area contributed by atoms with E-state index in [9.17, 15) is 9.59 Å². The number of hydrogen-bond acceptors (Lipinski definition) is 7. The van der Waals surface area contributed by atoms with E-state index in [1.54, 1.807) is 24.3 Å². The molecule has 4 atom stereocenters. The van der Waals surface area contributed by atoms with E-state index >= 15 is 0 Å². The van der Waals surface area contributed by atoms with Crippen LogP contribution in [-0.4, -0.2) is 56.9 Å². The van der Waals surface area contributed by atoms with Gasteiger partial charge in [-0.25, -0.2) is 9.59 Å². The fourth-order valence-electron chi connectivity index (χ4n) is 2.58. The lowest BCUT2D eigenvalue weighted by Crippen LogP contribution is -2.36. The number of hydrogen-bond donors (Lipinski definition) is 0. The smallest absolute Gasteiger partial charge is 0.453 e. The Kier molecular flexibility index (Phi) is 4.26. The van der Waals surface area contributed by atoms with Gasteiger partial charge in [0.15, 0.2) is 12.2 Å². The quantitative estimate of drug-likeness (QED) is 0.775. The highest BCUT2D eigenvalue weighted by Crippen LogP contribution is 2.31. The minimum absolute atomic E-state index is 0.184. The lowest BCUT2D eigenvalue weighted by atomic mass is 10.1. The van der Waals surface area contributed by atoms with Gasteiger partial charge in [0.2, 0.25) is 0 Å². The lowest BCUT2D eigenvalue weighted by Gasteiger charge is -2.17. The van der Waals surface area contributed by atoms with Gasteiger partial charge in [-0.2, -0.15) is 0 Å². The van der Waals surface area contributed by atoms with Gasteiger partial charge in [-0.3, -0.25) is 0 Å². The van der Waals surface area contributed by atoms with E-state index < -0.39 is 36.5 Å². The number of ether oxygens (including phenoxy) is 5. The van der Waals surface area contributed by atoms with Gasteiger partial charge in [0.25, 0.3) is 0 Å². The van der Waals surface area contributed by atoms with Gasteiger partial charge in [0.1, 0.15) is 12.2 Å². The molecule has 0 N–H and O–H groups in total. The largest absolute Gasteiger partial charge is 0.508 e. The third kappa shape index (κ3) is 2.90. The minimum atomic E-state index is -0.789. The first kappa shape index (κ1) is 14.8. The zero-order valence-corrected chi connectivity index (χ0v) is 12.0. The maximum absolute atomic E-state index is 12.1. The predicted octanol–water partition coefficient (Wildman–Crippen LogP) is 1.16. The van der Waals surface area contributed by atoms with E-state index in [-0.39, 0.29) is 13.2 Å². The van der Waals surface area contributed by atoms with Crippen LogP contribution in [0.15, 0.2) is 30.3 Å². The molecule has 2 saturated heterocycles. The van der Waals surface area contributed by atoms with Crippen molar-refractivity contribution in [1.29, 1.82) is 0 Å². The Morgan fingerprint density at radius 3 is 2.18 bits per heavy atom. The first-order valence-corrected chi connectivity index (χ1v) is 6.93. The van der Waals surface area contributed by atoms with Crippen LogP contribution in [0.1, 0.15) is 10.4 Å². The standard InChI is InChI=1S/C15H16O7/c1-18-15(17)22-11-8-20-12-10(7-19-13(11)12)21-14(16)9-5-3-2-4-6-9/h2-6,10-13H,7-8H2,1H3/t10-,11+,12+,13+/m0/s1. The summed E-state index contributed by atoms with van der Waals surface area (Å²) in [7, 11) is 1.23. The summed E-state index contributed by atoms with van der Waals surface area (Å²) in [5, 5.41) is 0. The molecule has 118 valence electrons. The number of esters is 1. The molecule has 0 saturated carbocycles. The molecule has 1 aromatic carbocycles. The van der Waals surface area contributed by atoms with Gasteiger partial charge in [0.05, 0.1) is 25.9 Å². The molecule has 0 spiro atoms. The van der Waals surface area contributed by atoms with Gasteiger partial charge in [-0.15, -0.1) is 0 Å². The minimum Gasteiger partial charge on any atom is -0.453 e. The molecule has 0 aromatic heterocycles. The highest BCUT2D eigenvalue weighted by molar-refractivity contribution is 5.89. The number of carbonyl (C=O) groups is 2. The molecular formula is C15H16O7. The van der Waals surface area contributed by atoms with Gasteiger partial charge >= 0.3 is 12.1 Å². The molecule has 0 unspecified atom stereocenters. The molecule has 7 nitrogen and oxygen atoms in total. The molecular weight excluding hydrogens is 292 g/mol. The van der Waals surface area contributed by atoms with Crippen LogP contribution in [0.5, 0.6) is 0 Å². The summed E-state index contributed by atoms with van der Waals surface area (Å²) in [5.41, 5.74) is 0.464. The van der Waals surface area contributed by atoms with Crippen molar-refractivity contribution < 1.29 is 33.3 Å². The van der Waals surface area contributed by atoms with Crippen molar-refractivity contribution in [3.8, 4) is 0 Å². The fourth-order valence-corrected chi connectivity index (χ4v) is 2.58. The topological polar surface area (TPSA) is 80.3 Å². The molecule has 2 heterocycles. The second-order valence-corrected chi connectivity index (χ2v) is 5.02. The SMILES string of the molecule is COC(=O)O[C@@H]1CO[C@H]2[C@@H]1OC[C@@H]2OC(=O)c1ccccc1. The summed E-state index contributed by atoms with van der Waals surface area (Å²) in [6, 6.07) is 8.69. The lowest BCUT2D eigenvalue weighted by molar-refractivity contribution is -0.0328. The molecule has 0 bridgehead atoms. The van der Waals surface area contributed by atoms with Crippen molar-refractivity contribution in [2.45, 2.75) is 24.4 Å². The zero-order valence-electron chi connectivity index (χ0n) is 12.0. The normalized spacial score (nSPS) is 29.7. The molecule has 3 rings (SSSR count). The Labute approximate surface area is 127 Å². The molecule has 2 aliphatic rings. The van der Waals surface area contributed by atoms with Gasteiger partial charge in [-0.1, -0.05) is 18.2 Å². The molecule has 2 aliphatic heterocycles. The third-order valence-corrected chi connectivity index (χ3v) is 3.64. The summed E-state index contributed by atoms with van der Waals surface area (Å²) >= 11 is 0. The molecule has 0 amide bonds. The Balaban J connectivity index is 1.59. The van der Waals surface area contributed by atoms with E-state index in [0.29, 0.717) is 5.56 Å². The van der Waals surface area contributed by atoms with E-state index in [0.717, 1.165) is 0 Å². The van der Waals surface area contributed by atoms with Crippen LogP contribution in [0.4, 0.5) is 4.79 Å². The van der Waals surface area contributed by atoms with E-state index in [1.165, 1.54) is 7.11 Å². The first-order valence-electron chi connectivity index (χ1n) is 6.93. The zero-order chi connectivity index (χ0) is 15.5. The average molecular weight is 308 g/mol. The third-order valence-electron chi connectivity index (χ3n) is 3.64. The van der Waals surface area contributed by atoms with Crippen molar-refractivity contribution >= 4 is 12.1 Å². The summed E-state index contributed by atoms with van der Waals surface area (Å²) in [4.78, 5) is 23.2. The Morgan fingerprint density at radius 1 is 1.00 bits per heavy atom. The summed E-state index contributed by atoms with van der Waals surface area (Å²) in [5.74, 6) is -0.434. The molecule has 2 fully saturated rings. The highest BCUT2D eigenvalue weighted by atomic mass is 16.7. The number of methoxy groups -OCH3 is 1. The maximum Gasteiger partial charge on any atom is 0.508 e. The first-order chi connectivity index (χ1) is 10.7. The van der Waals surface area contributed by atoms with E-state index in [4.69, 9.17) is 18.9 Å². The van der Waals surface area contributed by atoms with Gasteiger partial charge < -0.3 is 23.7 Å². The van der Waals surface area contributed by atoms with Crippen LogP contribution in [-0.2, 0) is 23.7 Å². The van der Waals surface area contributed by atoms with Crippen LogP contribution in [0.3, 0.4) is 0 Å². The summed E-state index contributed by atoms with van der Waals surface area (Å²) in [6.07, 6.45) is -2.76. The van der Waals surface area contributed by atoms with Crippen molar-refractivity contribution in [1.82, 2.24) is 0 Å². The maximum atomic E-state index is 12.1. The van der Waals surface area contributed by atoms with Crippen LogP contribution in [0, 0.1) is 0 Å². The van der Waals surface area contributed by atoms with Crippen LogP contribution < -0.4 is 0 Å². The van der Waals surface area contributed by atoms with Crippen molar-refractivity contribution in [3.63, 3.8) is 0 Å². The van der Waals surface area contributed by atoms with Gasteiger partial charge in [-0.05, 0) is 12.1 Å². The number of rotatable bonds is 3. The Morgan fingerprint density at radius 2 is 1.59 bits per heavy atom. The highest BCUT2D eigenvalue weighted by Gasteiger charge is 2.51. The summed E-state index contributed by atoms with van der Waals surface area (Å²) < 4.78 is 26.0. The summed E-state index contributed by atoms with van der Waals surface area (Å²) in [6.45, 7) is 0.388. The number of benzene rings is 1. The van der Waals surface area contributed by atoms with E-state index in [1.807, 2.05) is 6.07 Å². The van der Waals surface area contributed by atoms with Gasteiger partial charge in [0, 0.05) is 0 Å². The fraction of sp³-hybridized carbons (Fsp3) is 0.467. The molecule has 0 radical (unpaired) electrons. The predicted molar refractivity (Wildman–Crippen MR) is 72.4 cm³/mol. The molecule has 1 aromatic rings. The second-order valence-electron chi connectivity index (χ2n) is 5.02. The molecule has 0 aliphatic carbocycles. The average Bonchev–Trinajstić information content (AvgIpc) is 3.12. The van der Waals surface area contributed by atoms with Crippen LogP contribution in [0.25, 0.3) is 0 Å². The Bertz CT molecular complexity index is 544. The van der Waals surface area contributed by atoms with E-state index in [2.05, 4.69) is 4.74 Å².